The second-order valence-electron chi connectivity index (χ2n) is 3.61. The van der Waals surface area contributed by atoms with Gasteiger partial charge in [-0.1, -0.05) is 18.2 Å². The van der Waals surface area contributed by atoms with Gasteiger partial charge in [-0.3, -0.25) is 9.59 Å². The number of benzene rings is 1. The van der Waals surface area contributed by atoms with Gasteiger partial charge in [-0.2, -0.15) is 0 Å². The van der Waals surface area contributed by atoms with E-state index >= 15 is 0 Å². The van der Waals surface area contributed by atoms with Crippen LogP contribution in [0.2, 0.25) is 0 Å². The zero-order valence-corrected chi connectivity index (χ0v) is 8.69. The van der Waals surface area contributed by atoms with Crippen molar-refractivity contribution in [3.05, 3.63) is 29.8 Å². The molecule has 2 rings (SSSR count). The van der Waals surface area contributed by atoms with Crippen LogP contribution in [0.25, 0.3) is 0 Å². The molecule has 1 aliphatic heterocycles. The number of anilines is 1. The molecule has 0 radical (unpaired) electrons. The monoisotopic (exact) mass is 221 g/mol. The quantitative estimate of drug-likeness (QED) is 0.708. The average Bonchev–Trinajstić information content (AvgIpc) is 2.52. The first-order valence-corrected chi connectivity index (χ1v) is 4.78. The summed E-state index contributed by atoms with van der Waals surface area (Å²) in [6.45, 7) is 0. The van der Waals surface area contributed by atoms with E-state index in [-0.39, 0.29) is 6.42 Å². The van der Waals surface area contributed by atoms with Gasteiger partial charge in [0, 0.05) is 11.3 Å². The van der Waals surface area contributed by atoms with Crippen molar-refractivity contribution in [1.29, 1.82) is 0 Å². The maximum Gasteiger partial charge on any atom is 0.309 e. The van der Waals surface area contributed by atoms with E-state index in [0.717, 1.165) is 0 Å². The number of aliphatic hydroxyl groups is 1. The second-order valence-corrected chi connectivity index (χ2v) is 3.61. The van der Waals surface area contributed by atoms with Crippen LogP contribution in [0.15, 0.2) is 24.3 Å². The van der Waals surface area contributed by atoms with Gasteiger partial charge in [0.2, 0.25) is 0 Å². The van der Waals surface area contributed by atoms with Crippen LogP contribution in [0.4, 0.5) is 5.69 Å². The van der Waals surface area contributed by atoms with E-state index in [1.807, 2.05) is 0 Å². The SMILES string of the molecule is COC(=O)C[C@]1(O)C(=O)Nc2ccccc21. The fourth-order valence-electron chi connectivity index (χ4n) is 1.76. The smallest absolute Gasteiger partial charge is 0.309 e. The molecule has 1 aromatic rings. The standard InChI is InChI=1S/C11H11NO4/c1-16-9(13)6-11(15)7-4-2-3-5-8(7)12-10(11)14/h2-5,15H,6H2,1H3,(H,12,14)/t11-/m1/s1. The summed E-state index contributed by atoms with van der Waals surface area (Å²) in [5, 5.41) is 12.7. The van der Waals surface area contributed by atoms with Crippen molar-refractivity contribution < 1.29 is 19.4 Å². The van der Waals surface area contributed by atoms with Crippen molar-refractivity contribution in [3.8, 4) is 0 Å². The van der Waals surface area contributed by atoms with E-state index in [0.29, 0.717) is 11.3 Å². The van der Waals surface area contributed by atoms with Crippen LogP contribution in [-0.2, 0) is 19.9 Å². The van der Waals surface area contributed by atoms with Crippen LogP contribution in [0.3, 0.4) is 0 Å². The van der Waals surface area contributed by atoms with Crippen molar-refractivity contribution in [2.24, 2.45) is 0 Å². The second kappa shape index (κ2) is 3.61. The molecule has 0 unspecified atom stereocenters. The van der Waals surface area contributed by atoms with Gasteiger partial charge in [0.15, 0.2) is 5.60 Å². The fraction of sp³-hybridized carbons (Fsp3) is 0.273. The van der Waals surface area contributed by atoms with Crippen LogP contribution in [0.1, 0.15) is 12.0 Å². The van der Waals surface area contributed by atoms with Crippen molar-refractivity contribution in [1.82, 2.24) is 0 Å². The first-order valence-electron chi connectivity index (χ1n) is 4.78. The highest BCUT2D eigenvalue weighted by Crippen LogP contribution is 2.38. The molecule has 2 N–H and O–H groups in total. The summed E-state index contributed by atoms with van der Waals surface area (Å²) < 4.78 is 4.46. The highest BCUT2D eigenvalue weighted by Gasteiger charge is 2.46. The number of carbonyl (C=O) groups is 2. The van der Waals surface area contributed by atoms with E-state index in [4.69, 9.17) is 0 Å². The predicted octanol–water partition coefficient (Wildman–Crippen LogP) is 0.389. The van der Waals surface area contributed by atoms with Crippen LogP contribution in [0, 0.1) is 0 Å². The zero-order chi connectivity index (χ0) is 11.8. The van der Waals surface area contributed by atoms with Gasteiger partial charge in [-0.15, -0.1) is 0 Å². The molecule has 1 aromatic carbocycles. The van der Waals surface area contributed by atoms with Gasteiger partial charge in [-0.25, -0.2) is 0 Å². The van der Waals surface area contributed by atoms with E-state index in [9.17, 15) is 14.7 Å². The number of amides is 1. The molecular weight excluding hydrogens is 210 g/mol. The maximum absolute atomic E-state index is 11.6. The molecule has 0 saturated heterocycles. The Morgan fingerprint density at radius 3 is 2.88 bits per heavy atom. The number of fused-ring (bicyclic) bond motifs is 1. The number of rotatable bonds is 2. The fourth-order valence-corrected chi connectivity index (χ4v) is 1.76. The lowest BCUT2D eigenvalue weighted by molar-refractivity contribution is -0.152. The largest absolute Gasteiger partial charge is 0.469 e. The minimum absolute atomic E-state index is 0.383. The predicted molar refractivity (Wildman–Crippen MR) is 55.6 cm³/mol. The van der Waals surface area contributed by atoms with Gasteiger partial charge in [0.05, 0.1) is 13.5 Å². The average molecular weight is 221 g/mol. The molecule has 5 nitrogen and oxygen atoms in total. The summed E-state index contributed by atoms with van der Waals surface area (Å²) in [4.78, 5) is 22.8. The number of hydrogen-bond donors (Lipinski definition) is 2. The third-order valence-corrected chi connectivity index (χ3v) is 2.62. The van der Waals surface area contributed by atoms with Gasteiger partial charge < -0.3 is 15.2 Å². The van der Waals surface area contributed by atoms with E-state index in [1.54, 1.807) is 24.3 Å². The Balaban J connectivity index is 2.40. The molecule has 1 aliphatic rings. The number of nitrogens with one attached hydrogen (secondary N) is 1. The Bertz CT molecular complexity index is 457. The molecule has 84 valence electrons. The van der Waals surface area contributed by atoms with E-state index in [2.05, 4.69) is 10.1 Å². The molecule has 0 bridgehead atoms. The molecule has 1 heterocycles. The molecule has 16 heavy (non-hydrogen) atoms. The summed E-state index contributed by atoms with van der Waals surface area (Å²) >= 11 is 0. The lowest BCUT2D eigenvalue weighted by Crippen LogP contribution is -2.36. The summed E-state index contributed by atoms with van der Waals surface area (Å²) in [6.07, 6.45) is -0.383. The summed E-state index contributed by atoms with van der Waals surface area (Å²) in [7, 11) is 1.21. The van der Waals surface area contributed by atoms with E-state index in [1.165, 1.54) is 7.11 Å². The molecule has 0 fully saturated rings. The van der Waals surface area contributed by atoms with Crippen LogP contribution >= 0.6 is 0 Å². The number of carbonyl (C=O) groups excluding carboxylic acids is 2. The molecule has 1 amide bonds. The Morgan fingerprint density at radius 2 is 2.19 bits per heavy atom. The van der Waals surface area contributed by atoms with Crippen molar-refractivity contribution >= 4 is 17.6 Å². The highest BCUT2D eigenvalue weighted by atomic mass is 16.5. The first kappa shape index (κ1) is 10.6. The van der Waals surface area contributed by atoms with Crippen molar-refractivity contribution in [2.45, 2.75) is 12.0 Å². The molecule has 5 heteroatoms. The summed E-state index contributed by atoms with van der Waals surface area (Å²) in [5.74, 6) is -1.23. The van der Waals surface area contributed by atoms with Gasteiger partial charge in [0.25, 0.3) is 5.91 Å². The molecule has 0 saturated carbocycles. The lowest BCUT2D eigenvalue weighted by atomic mass is 9.92. The number of para-hydroxylation sites is 1. The highest BCUT2D eigenvalue weighted by molar-refractivity contribution is 6.06. The van der Waals surface area contributed by atoms with Crippen LogP contribution in [0.5, 0.6) is 0 Å². The maximum atomic E-state index is 11.6. The van der Waals surface area contributed by atoms with Crippen LogP contribution in [-0.4, -0.2) is 24.1 Å². The first-order chi connectivity index (χ1) is 7.58. The van der Waals surface area contributed by atoms with Gasteiger partial charge in [-0.05, 0) is 6.07 Å². The normalized spacial score (nSPS) is 22.5. The van der Waals surface area contributed by atoms with E-state index < -0.39 is 17.5 Å². The molecular formula is C11H11NO4. The number of methoxy groups -OCH3 is 1. The Hall–Kier alpha value is -1.88. The third kappa shape index (κ3) is 1.45. The minimum atomic E-state index is -1.82. The van der Waals surface area contributed by atoms with Crippen molar-refractivity contribution in [3.63, 3.8) is 0 Å². The lowest BCUT2D eigenvalue weighted by Gasteiger charge is -2.18. The Kier molecular flexibility index (Phi) is 2.40. The summed E-state index contributed by atoms with van der Waals surface area (Å²) in [5.41, 5.74) is -0.881. The molecule has 0 aliphatic carbocycles. The topological polar surface area (TPSA) is 75.6 Å². The van der Waals surface area contributed by atoms with Crippen LogP contribution < -0.4 is 5.32 Å². The molecule has 0 spiro atoms. The minimum Gasteiger partial charge on any atom is -0.469 e. The van der Waals surface area contributed by atoms with Gasteiger partial charge in [0.1, 0.15) is 0 Å². The molecule has 0 aromatic heterocycles. The summed E-state index contributed by atoms with van der Waals surface area (Å²) in [6, 6.07) is 6.71. The number of hydrogen-bond acceptors (Lipinski definition) is 4. The third-order valence-electron chi connectivity index (χ3n) is 2.62. The Morgan fingerprint density at radius 1 is 1.50 bits per heavy atom. The van der Waals surface area contributed by atoms with Gasteiger partial charge >= 0.3 is 5.97 Å². The molecule has 1 atom stereocenters. The Labute approximate surface area is 92.0 Å². The van der Waals surface area contributed by atoms with Crippen molar-refractivity contribution in [2.75, 3.05) is 12.4 Å². The zero-order valence-electron chi connectivity index (χ0n) is 8.69. The number of ether oxygens (including phenoxy) is 1. The number of esters is 1.